The first-order valence-electron chi connectivity index (χ1n) is 6.26. The summed E-state index contributed by atoms with van der Waals surface area (Å²) in [6.07, 6.45) is 3.08. The van der Waals surface area contributed by atoms with E-state index >= 15 is 0 Å². The Labute approximate surface area is 124 Å². The van der Waals surface area contributed by atoms with Crippen molar-refractivity contribution >= 4 is 15.7 Å². The summed E-state index contributed by atoms with van der Waals surface area (Å²) in [4.78, 5) is 4.04. The highest BCUT2D eigenvalue weighted by atomic mass is 32.2. The van der Waals surface area contributed by atoms with Gasteiger partial charge in [-0.25, -0.2) is 8.42 Å². The van der Waals surface area contributed by atoms with Gasteiger partial charge < -0.3 is 5.73 Å². The number of pyridine rings is 1. The average molecular weight is 301 g/mol. The van der Waals surface area contributed by atoms with Crippen molar-refractivity contribution in [3.8, 4) is 11.8 Å². The number of sulfonamides is 1. The molecule has 0 saturated carbocycles. The van der Waals surface area contributed by atoms with Gasteiger partial charge in [-0.15, -0.1) is 0 Å². The predicted molar refractivity (Wildman–Crippen MR) is 82.2 cm³/mol. The van der Waals surface area contributed by atoms with Crippen LogP contribution in [0.25, 0.3) is 0 Å². The number of nitrogens with one attached hydrogen (secondary N) is 1. The van der Waals surface area contributed by atoms with Crippen molar-refractivity contribution in [3.05, 3.63) is 53.9 Å². The molecule has 1 aromatic carbocycles. The van der Waals surface area contributed by atoms with E-state index in [0.29, 0.717) is 11.3 Å². The standard InChI is InChI=1S/C15H15N3O2S/c1-12-8-10-17-11-14(12)18-21(19,20)15-7-3-2-5-13(15)6-4-9-16/h2-3,5,7-8,10-11,18H,9,16H2,1H3. The summed E-state index contributed by atoms with van der Waals surface area (Å²) < 4.78 is 27.5. The van der Waals surface area contributed by atoms with Crippen molar-refractivity contribution in [3.63, 3.8) is 0 Å². The number of anilines is 1. The molecule has 0 aliphatic heterocycles. The molecule has 1 heterocycles. The molecule has 0 radical (unpaired) electrons. The lowest BCUT2D eigenvalue weighted by atomic mass is 10.2. The van der Waals surface area contributed by atoms with Crippen molar-refractivity contribution in [2.24, 2.45) is 5.73 Å². The van der Waals surface area contributed by atoms with Crippen molar-refractivity contribution in [2.75, 3.05) is 11.3 Å². The lowest BCUT2D eigenvalue weighted by Gasteiger charge is -2.11. The molecule has 6 heteroatoms. The van der Waals surface area contributed by atoms with E-state index in [-0.39, 0.29) is 11.4 Å². The maximum absolute atomic E-state index is 12.5. The zero-order chi connectivity index (χ0) is 15.3. The second kappa shape index (κ2) is 6.39. The largest absolute Gasteiger partial charge is 0.320 e. The molecule has 0 unspecified atom stereocenters. The minimum Gasteiger partial charge on any atom is -0.320 e. The maximum Gasteiger partial charge on any atom is 0.263 e. The molecule has 2 rings (SSSR count). The van der Waals surface area contributed by atoms with Crippen LogP contribution in [0.3, 0.4) is 0 Å². The van der Waals surface area contributed by atoms with Gasteiger partial charge >= 0.3 is 0 Å². The second-order valence-electron chi connectivity index (χ2n) is 4.30. The number of hydrogen-bond acceptors (Lipinski definition) is 4. The molecule has 0 atom stereocenters. The lowest BCUT2D eigenvalue weighted by molar-refractivity contribution is 0.601. The van der Waals surface area contributed by atoms with E-state index in [0.717, 1.165) is 5.56 Å². The summed E-state index contributed by atoms with van der Waals surface area (Å²) >= 11 is 0. The van der Waals surface area contributed by atoms with Crippen LogP contribution in [0.4, 0.5) is 5.69 Å². The first kappa shape index (κ1) is 15.0. The number of nitrogens with two attached hydrogens (primary N) is 1. The zero-order valence-corrected chi connectivity index (χ0v) is 12.3. The number of nitrogens with zero attached hydrogens (tertiary/aromatic N) is 1. The Balaban J connectivity index is 2.43. The van der Waals surface area contributed by atoms with Crippen LogP contribution in [-0.2, 0) is 10.0 Å². The summed E-state index contributed by atoms with van der Waals surface area (Å²) in [6.45, 7) is 1.98. The van der Waals surface area contributed by atoms with Gasteiger partial charge in [0.15, 0.2) is 0 Å². The Kier molecular flexibility index (Phi) is 4.58. The number of aromatic nitrogens is 1. The van der Waals surface area contributed by atoms with Gasteiger partial charge in [-0.1, -0.05) is 24.0 Å². The fraction of sp³-hybridized carbons (Fsp3) is 0.133. The molecule has 0 bridgehead atoms. The van der Waals surface area contributed by atoms with Gasteiger partial charge in [-0.2, -0.15) is 0 Å². The first-order chi connectivity index (χ1) is 10.0. The van der Waals surface area contributed by atoms with Gasteiger partial charge in [0, 0.05) is 11.8 Å². The fourth-order valence-electron chi connectivity index (χ4n) is 1.72. The van der Waals surface area contributed by atoms with E-state index in [4.69, 9.17) is 5.73 Å². The molecule has 0 aliphatic carbocycles. The molecule has 0 aliphatic rings. The normalized spacial score (nSPS) is 10.6. The highest BCUT2D eigenvalue weighted by Gasteiger charge is 2.18. The van der Waals surface area contributed by atoms with Gasteiger partial charge in [0.1, 0.15) is 4.90 Å². The smallest absolute Gasteiger partial charge is 0.263 e. The average Bonchev–Trinajstić information content (AvgIpc) is 2.47. The molecule has 1 aromatic heterocycles. The van der Waals surface area contributed by atoms with Crippen molar-refractivity contribution in [1.82, 2.24) is 4.98 Å². The Bertz CT molecular complexity index is 805. The molecule has 0 spiro atoms. The molecular formula is C15H15N3O2S. The first-order valence-corrected chi connectivity index (χ1v) is 7.74. The number of hydrogen-bond donors (Lipinski definition) is 2. The summed E-state index contributed by atoms with van der Waals surface area (Å²) in [5, 5.41) is 0. The molecule has 108 valence electrons. The van der Waals surface area contributed by atoms with Crippen LogP contribution >= 0.6 is 0 Å². The van der Waals surface area contributed by atoms with E-state index in [1.807, 2.05) is 0 Å². The third-order valence-electron chi connectivity index (χ3n) is 2.79. The van der Waals surface area contributed by atoms with Crippen LogP contribution in [0.1, 0.15) is 11.1 Å². The van der Waals surface area contributed by atoms with Crippen LogP contribution < -0.4 is 10.5 Å². The van der Waals surface area contributed by atoms with Crippen molar-refractivity contribution < 1.29 is 8.42 Å². The van der Waals surface area contributed by atoms with Crippen LogP contribution in [-0.4, -0.2) is 19.9 Å². The second-order valence-corrected chi connectivity index (χ2v) is 5.95. The Morgan fingerprint density at radius 2 is 2.05 bits per heavy atom. The van der Waals surface area contributed by atoms with Gasteiger partial charge in [0.25, 0.3) is 10.0 Å². The molecular weight excluding hydrogens is 286 g/mol. The topological polar surface area (TPSA) is 85.1 Å². The predicted octanol–water partition coefficient (Wildman–Crippen LogP) is 1.50. The molecule has 21 heavy (non-hydrogen) atoms. The molecule has 0 amide bonds. The van der Waals surface area contributed by atoms with Crippen LogP contribution in [0.2, 0.25) is 0 Å². The number of benzene rings is 1. The molecule has 0 fully saturated rings. The van der Waals surface area contributed by atoms with Gasteiger partial charge in [-0.3, -0.25) is 9.71 Å². The molecule has 2 aromatic rings. The third-order valence-corrected chi connectivity index (χ3v) is 4.21. The number of aryl methyl sites for hydroxylation is 1. The molecule has 3 N–H and O–H groups in total. The maximum atomic E-state index is 12.5. The van der Waals surface area contributed by atoms with E-state index in [1.165, 1.54) is 12.3 Å². The highest BCUT2D eigenvalue weighted by molar-refractivity contribution is 7.92. The van der Waals surface area contributed by atoms with Gasteiger partial charge in [0.2, 0.25) is 0 Å². The minimum atomic E-state index is -3.73. The van der Waals surface area contributed by atoms with E-state index in [9.17, 15) is 8.42 Å². The minimum absolute atomic E-state index is 0.120. The number of rotatable bonds is 3. The zero-order valence-electron chi connectivity index (χ0n) is 11.5. The summed E-state index contributed by atoms with van der Waals surface area (Å²) in [5.74, 6) is 5.44. The third kappa shape index (κ3) is 3.60. The Morgan fingerprint density at radius 1 is 1.29 bits per heavy atom. The van der Waals surface area contributed by atoms with Crippen molar-refractivity contribution in [1.29, 1.82) is 0 Å². The highest BCUT2D eigenvalue weighted by Crippen LogP contribution is 2.20. The monoisotopic (exact) mass is 301 g/mol. The Hall–Kier alpha value is -2.36. The summed E-state index contributed by atoms with van der Waals surface area (Å²) in [7, 11) is -3.73. The SMILES string of the molecule is Cc1ccncc1NS(=O)(=O)c1ccccc1C#CCN. The van der Waals surface area contributed by atoms with E-state index < -0.39 is 10.0 Å². The summed E-state index contributed by atoms with van der Waals surface area (Å²) in [5.41, 5.74) is 6.98. The Morgan fingerprint density at radius 3 is 2.76 bits per heavy atom. The fourth-order valence-corrected chi connectivity index (χ4v) is 3.00. The quantitative estimate of drug-likeness (QED) is 0.841. The molecule has 5 nitrogen and oxygen atoms in total. The van der Waals surface area contributed by atoms with E-state index in [2.05, 4.69) is 21.5 Å². The van der Waals surface area contributed by atoms with Crippen LogP contribution in [0, 0.1) is 18.8 Å². The van der Waals surface area contributed by atoms with Crippen LogP contribution in [0.15, 0.2) is 47.6 Å². The van der Waals surface area contributed by atoms with Gasteiger partial charge in [0.05, 0.1) is 18.4 Å². The van der Waals surface area contributed by atoms with Crippen molar-refractivity contribution in [2.45, 2.75) is 11.8 Å². The van der Waals surface area contributed by atoms with Crippen LogP contribution in [0.5, 0.6) is 0 Å². The summed E-state index contributed by atoms with van der Waals surface area (Å²) in [6, 6.07) is 8.27. The molecule has 0 saturated heterocycles. The lowest BCUT2D eigenvalue weighted by Crippen LogP contribution is -2.15. The van der Waals surface area contributed by atoms with E-state index in [1.54, 1.807) is 37.4 Å². The van der Waals surface area contributed by atoms with Gasteiger partial charge in [-0.05, 0) is 30.7 Å².